The summed E-state index contributed by atoms with van der Waals surface area (Å²) < 4.78 is 6.14. The van der Waals surface area contributed by atoms with Crippen LogP contribution in [-0.4, -0.2) is 40.4 Å². The van der Waals surface area contributed by atoms with E-state index >= 15 is 0 Å². The summed E-state index contributed by atoms with van der Waals surface area (Å²) in [6, 6.07) is 1.87. The molecule has 5 aliphatic rings. The highest BCUT2D eigenvalue weighted by molar-refractivity contribution is 7.08. The number of hydrogen-bond acceptors (Lipinski definition) is 6. The third-order valence-corrected chi connectivity index (χ3v) is 15.5. The minimum absolute atomic E-state index is 0.0284. The number of hydrogen-bond donors (Lipinski definition) is 2. The zero-order valence-electron chi connectivity index (χ0n) is 30.6. The van der Waals surface area contributed by atoms with E-state index in [0.29, 0.717) is 23.8 Å². The second-order valence-corrected chi connectivity index (χ2v) is 19.2. The molecule has 8 heteroatoms. The summed E-state index contributed by atoms with van der Waals surface area (Å²) in [5, 5.41) is 16.9. The molecule has 1 aromatic rings. The highest BCUT2D eigenvalue weighted by Crippen LogP contribution is 2.75. The molecule has 3 unspecified atom stereocenters. The Bertz CT molecular complexity index is 1540. The van der Waals surface area contributed by atoms with Crippen LogP contribution in [0.3, 0.4) is 0 Å². The lowest BCUT2D eigenvalue weighted by Crippen LogP contribution is -2.65. The number of amides is 1. The van der Waals surface area contributed by atoms with Crippen LogP contribution in [0.4, 0.5) is 0 Å². The Morgan fingerprint density at radius 2 is 1.73 bits per heavy atom. The number of rotatable bonds is 7. The van der Waals surface area contributed by atoms with E-state index in [1.165, 1.54) is 22.5 Å². The first-order valence-corrected chi connectivity index (χ1v) is 19.2. The van der Waals surface area contributed by atoms with Gasteiger partial charge in [0.15, 0.2) is 0 Å². The number of aliphatic carboxylic acids is 1. The van der Waals surface area contributed by atoms with Crippen molar-refractivity contribution >= 4 is 35.0 Å². The molecule has 8 atom stereocenters. The Hall–Kier alpha value is -2.48. The number of carboxylic acids is 1. The Balaban J connectivity index is 1.33. The van der Waals surface area contributed by atoms with Crippen molar-refractivity contribution in [3.8, 4) is 0 Å². The highest BCUT2D eigenvalue weighted by atomic mass is 32.1. The lowest BCUT2D eigenvalue weighted by atomic mass is 9.34. The number of carboxylic acid groups (broad SMARTS) is 1. The topological polar surface area (TPSA) is 110 Å². The van der Waals surface area contributed by atoms with Crippen LogP contribution in [-0.2, 0) is 19.1 Å². The molecule has 5 aliphatic carbocycles. The average molecular weight is 680 g/mol. The summed E-state index contributed by atoms with van der Waals surface area (Å²) in [5.41, 5.74) is 1.36. The van der Waals surface area contributed by atoms with E-state index in [1.54, 1.807) is 13.8 Å². The number of ether oxygens (including phenoxy) is 1. The lowest BCUT2D eigenvalue weighted by molar-refractivity contribution is -0.214. The van der Waals surface area contributed by atoms with Crippen LogP contribution >= 0.6 is 11.3 Å². The van der Waals surface area contributed by atoms with Crippen molar-refractivity contribution in [2.45, 2.75) is 138 Å². The van der Waals surface area contributed by atoms with E-state index < -0.39 is 22.9 Å². The number of fused-ring (bicyclic) bond motifs is 6. The Morgan fingerprint density at radius 1 is 1.02 bits per heavy atom. The van der Waals surface area contributed by atoms with E-state index in [4.69, 9.17) is 4.74 Å². The largest absolute Gasteiger partial charge is 0.481 e. The first-order valence-electron chi connectivity index (χ1n) is 18.3. The van der Waals surface area contributed by atoms with Crippen LogP contribution in [0, 0.1) is 50.7 Å². The van der Waals surface area contributed by atoms with Crippen molar-refractivity contribution < 1.29 is 29.0 Å². The minimum atomic E-state index is -1.16. The van der Waals surface area contributed by atoms with Gasteiger partial charge in [-0.3, -0.25) is 19.2 Å². The molecule has 0 aliphatic heterocycles. The zero-order chi connectivity index (χ0) is 35.2. The first kappa shape index (κ1) is 35.3. The standard InChI is InChI=1S/C40H57NO6S/c1-23(2)31-26(42)20-40(41-33(44)24-14-19-48-22-24)18-17-38(8)25(32(31)40)10-11-28-37(7)15-13-29(47-30(43)21-35(3,4)34(45)46)36(5,6)27(37)12-16-39(28,38)9/h14,19,22-23,27-29,31H,10-13,15-18,20-21H2,1-9H3,(H,41,44)(H,45,46)/t27?,28?,29-,31?,37-,38+,39+,40+/m0/s1. The van der Waals surface area contributed by atoms with Gasteiger partial charge >= 0.3 is 11.9 Å². The molecule has 7 nitrogen and oxygen atoms in total. The number of nitrogens with one attached hydrogen (secondary N) is 1. The van der Waals surface area contributed by atoms with Crippen molar-refractivity contribution in [2.75, 3.05) is 0 Å². The fraction of sp³-hybridized carbons (Fsp3) is 0.750. The smallest absolute Gasteiger partial charge is 0.309 e. The van der Waals surface area contributed by atoms with E-state index in [-0.39, 0.29) is 57.7 Å². The van der Waals surface area contributed by atoms with Gasteiger partial charge in [-0.05, 0) is 116 Å². The predicted molar refractivity (Wildman–Crippen MR) is 187 cm³/mol. The van der Waals surface area contributed by atoms with Gasteiger partial charge in [0, 0.05) is 23.1 Å². The summed E-state index contributed by atoms with van der Waals surface area (Å²) in [6.07, 6.45) is 7.59. The molecular formula is C40H57NO6S. The number of thiophene rings is 1. The SMILES string of the molecule is CC(C)C1C(=O)C[C@]2(NC(=O)c3ccsc3)CC[C@]3(C)C(=C12)CCC1[C@@]2(C)CC[C@H](OC(=O)CC(C)(C)C(=O)O)C(C)(C)C2CC[C@]13C. The van der Waals surface area contributed by atoms with Crippen LogP contribution < -0.4 is 5.32 Å². The van der Waals surface area contributed by atoms with Gasteiger partial charge < -0.3 is 15.2 Å². The number of carbonyl (C=O) groups is 4. The fourth-order valence-electron chi connectivity index (χ4n) is 12.1. The third kappa shape index (κ3) is 5.07. The molecule has 0 radical (unpaired) electrons. The van der Waals surface area contributed by atoms with Crippen LogP contribution in [0.2, 0.25) is 0 Å². The number of ketones is 1. The van der Waals surface area contributed by atoms with Gasteiger partial charge in [-0.2, -0.15) is 11.3 Å². The second kappa shape index (κ2) is 11.5. The molecule has 0 bridgehead atoms. The Kier molecular flexibility index (Phi) is 8.49. The van der Waals surface area contributed by atoms with E-state index in [1.807, 2.05) is 16.8 Å². The summed E-state index contributed by atoms with van der Waals surface area (Å²) in [6.45, 7) is 19.5. The van der Waals surface area contributed by atoms with E-state index in [0.717, 1.165) is 51.4 Å². The number of esters is 1. The normalized spacial score (nSPS) is 38.8. The highest BCUT2D eigenvalue weighted by Gasteiger charge is 2.69. The van der Waals surface area contributed by atoms with Crippen LogP contribution in [0.5, 0.6) is 0 Å². The van der Waals surface area contributed by atoms with Gasteiger partial charge in [-0.15, -0.1) is 0 Å². The maximum Gasteiger partial charge on any atom is 0.309 e. The molecular weight excluding hydrogens is 623 g/mol. The molecule has 0 aromatic carbocycles. The number of carbonyl (C=O) groups excluding carboxylic acids is 3. The summed E-state index contributed by atoms with van der Waals surface area (Å²) in [5.74, 6) is -0.375. The molecule has 4 saturated carbocycles. The van der Waals surface area contributed by atoms with Crippen molar-refractivity contribution in [2.24, 2.45) is 50.7 Å². The van der Waals surface area contributed by atoms with Crippen molar-refractivity contribution in [1.29, 1.82) is 0 Å². The minimum Gasteiger partial charge on any atom is -0.481 e. The maximum absolute atomic E-state index is 13.9. The molecule has 264 valence electrons. The van der Waals surface area contributed by atoms with Crippen LogP contribution in [0.25, 0.3) is 0 Å². The second-order valence-electron chi connectivity index (χ2n) is 18.4. The summed E-state index contributed by atoms with van der Waals surface area (Å²) >= 11 is 1.52. The Labute approximate surface area is 291 Å². The molecule has 4 fully saturated rings. The van der Waals surface area contributed by atoms with Gasteiger partial charge in [0.05, 0.1) is 22.9 Å². The van der Waals surface area contributed by atoms with Gasteiger partial charge in [0.25, 0.3) is 5.91 Å². The van der Waals surface area contributed by atoms with E-state index in [9.17, 15) is 24.3 Å². The van der Waals surface area contributed by atoms with Crippen molar-refractivity contribution in [3.63, 3.8) is 0 Å². The van der Waals surface area contributed by atoms with Crippen molar-refractivity contribution in [3.05, 3.63) is 33.5 Å². The molecule has 6 rings (SSSR count). The van der Waals surface area contributed by atoms with Gasteiger partial charge in [-0.1, -0.05) is 54.0 Å². The predicted octanol–water partition coefficient (Wildman–Crippen LogP) is 8.62. The fourth-order valence-corrected chi connectivity index (χ4v) is 12.8. The molecule has 1 aromatic heterocycles. The zero-order valence-corrected chi connectivity index (χ0v) is 31.4. The third-order valence-electron chi connectivity index (χ3n) is 14.9. The van der Waals surface area contributed by atoms with Gasteiger partial charge in [0.1, 0.15) is 11.9 Å². The lowest BCUT2D eigenvalue weighted by Gasteiger charge is -2.70. The van der Waals surface area contributed by atoms with E-state index in [2.05, 4.69) is 53.8 Å². The molecule has 0 spiro atoms. The van der Waals surface area contributed by atoms with Crippen LogP contribution in [0.1, 0.15) is 137 Å². The summed E-state index contributed by atoms with van der Waals surface area (Å²) in [4.78, 5) is 52.2. The Morgan fingerprint density at radius 3 is 2.35 bits per heavy atom. The molecule has 2 N–H and O–H groups in total. The molecule has 1 heterocycles. The first-order chi connectivity index (χ1) is 22.2. The van der Waals surface area contributed by atoms with Gasteiger partial charge in [-0.25, -0.2) is 0 Å². The monoisotopic (exact) mass is 679 g/mol. The van der Waals surface area contributed by atoms with Crippen LogP contribution in [0.15, 0.2) is 28.0 Å². The summed E-state index contributed by atoms with van der Waals surface area (Å²) in [7, 11) is 0. The molecule has 1 amide bonds. The quantitative estimate of drug-likeness (QED) is 0.221. The number of allylic oxidation sites excluding steroid dienone is 1. The number of Topliss-reactive ketones (excluding diaryl/α,β-unsaturated/α-hetero) is 1. The molecule has 48 heavy (non-hydrogen) atoms. The average Bonchev–Trinajstić information content (AvgIpc) is 3.61. The maximum atomic E-state index is 13.9. The van der Waals surface area contributed by atoms with Crippen molar-refractivity contribution in [1.82, 2.24) is 5.32 Å². The van der Waals surface area contributed by atoms with Gasteiger partial charge in [0.2, 0.25) is 0 Å². The molecule has 0 saturated heterocycles.